The highest BCUT2D eigenvalue weighted by Crippen LogP contribution is 2.11. The van der Waals surface area contributed by atoms with E-state index in [1.54, 1.807) is 35.1 Å². The van der Waals surface area contributed by atoms with Crippen molar-refractivity contribution in [1.82, 2.24) is 9.78 Å². The number of amides is 2. The Morgan fingerprint density at radius 1 is 1.24 bits per heavy atom. The minimum atomic E-state index is -0.512. The number of hydrogen-bond acceptors (Lipinski definition) is 4. The van der Waals surface area contributed by atoms with Crippen LogP contribution in [0, 0.1) is 0 Å². The Morgan fingerprint density at radius 2 is 1.95 bits per heavy atom. The second-order valence-electron chi connectivity index (χ2n) is 4.63. The lowest BCUT2D eigenvalue weighted by atomic mass is 10.2. The molecule has 1 aromatic carbocycles. The fraction of sp³-hybridized carbons (Fsp3) is 0.214. The molecule has 0 saturated heterocycles. The molecule has 7 nitrogen and oxygen atoms in total. The third-order valence-corrected chi connectivity index (χ3v) is 2.90. The zero-order valence-corrected chi connectivity index (χ0v) is 11.5. The predicted octanol–water partition coefficient (Wildman–Crippen LogP) is 0.983. The van der Waals surface area contributed by atoms with Gasteiger partial charge in [0.15, 0.2) is 0 Å². The number of carbonyl (C=O) groups excluding carboxylic acids is 2. The summed E-state index contributed by atoms with van der Waals surface area (Å²) in [4.78, 5) is 22.7. The van der Waals surface area contributed by atoms with Gasteiger partial charge in [-0.15, -0.1) is 0 Å². The molecule has 2 aromatic rings. The van der Waals surface area contributed by atoms with Gasteiger partial charge >= 0.3 is 0 Å². The lowest BCUT2D eigenvalue weighted by Gasteiger charge is -2.05. The van der Waals surface area contributed by atoms with Crippen LogP contribution < -0.4 is 16.8 Å². The first-order valence-corrected chi connectivity index (χ1v) is 6.52. The number of benzene rings is 1. The summed E-state index contributed by atoms with van der Waals surface area (Å²) in [7, 11) is 0. The second kappa shape index (κ2) is 6.56. The van der Waals surface area contributed by atoms with E-state index in [1.165, 1.54) is 6.20 Å². The normalized spacial score (nSPS) is 10.3. The highest BCUT2D eigenvalue weighted by atomic mass is 16.1. The van der Waals surface area contributed by atoms with Crippen molar-refractivity contribution in [2.45, 2.75) is 19.4 Å². The molecule has 2 amide bonds. The van der Waals surface area contributed by atoms with Gasteiger partial charge in [-0.3, -0.25) is 14.3 Å². The number of primary amides is 1. The van der Waals surface area contributed by atoms with Gasteiger partial charge in [0.1, 0.15) is 0 Å². The number of nitrogens with one attached hydrogen (secondary N) is 1. The third kappa shape index (κ3) is 4.34. The van der Waals surface area contributed by atoms with E-state index in [9.17, 15) is 9.59 Å². The van der Waals surface area contributed by atoms with Crippen molar-refractivity contribution < 1.29 is 9.59 Å². The van der Waals surface area contributed by atoms with Crippen LogP contribution in [-0.2, 0) is 11.3 Å². The Labute approximate surface area is 121 Å². The number of aryl methyl sites for hydroxylation is 1. The van der Waals surface area contributed by atoms with Crippen LogP contribution in [0.25, 0.3) is 0 Å². The van der Waals surface area contributed by atoms with Gasteiger partial charge in [0, 0.05) is 30.5 Å². The SMILES string of the molecule is NC(=O)c1cnn(CCCC(=O)Nc2ccc(N)cc2)c1. The lowest BCUT2D eigenvalue weighted by molar-refractivity contribution is -0.116. The molecule has 5 N–H and O–H groups in total. The molecule has 1 aromatic heterocycles. The van der Waals surface area contributed by atoms with E-state index in [-0.39, 0.29) is 5.91 Å². The van der Waals surface area contributed by atoms with E-state index in [2.05, 4.69) is 10.4 Å². The molecule has 0 aliphatic carbocycles. The van der Waals surface area contributed by atoms with Crippen molar-refractivity contribution >= 4 is 23.2 Å². The molecule has 0 aliphatic heterocycles. The summed E-state index contributed by atoms with van der Waals surface area (Å²) in [5.74, 6) is -0.593. The molecule has 1 heterocycles. The van der Waals surface area contributed by atoms with Gasteiger partial charge in [-0.1, -0.05) is 0 Å². The standard InChI is InChI=1S/C14H17N5O2/c15-11-3-5-12(6-4-11)18-13(20)2-1-7-19-9-10(8-17-19)14(16)21/h3-6,8-9H,1-2,7,15H2,(H2,16,21)(H,18,20). The molecule has 0 fully saturated rings. The molecular formula is C14H17N5O2. The molecule has 0 atom stereocenters. The molecule has 0 aliphatic rings. The van der Waals surface area contributed by atoms with Crippen molar-refractivity contribution in [2.75, 3.05) is 11.1 Å². The molecule has 110 valence electrons. The number of nitrogens with two attached hydrogens (primary N) is 2. The summed E-state index contributed by atoms with van der Waals surface area (Å²) in [5.41, 5.74) is 12.4. The van der Waals surface area contributed by atoms with Gasteiger partial charge in [0.2, 0.25) is 5.91 Å². The summed E-state index contributed by atoms with van der Waals surface area (Å²) >= 11 is 0. The largest absolute Gasteiger partial charge is 0.399 e. The van der Waals surface area contributed by atoms with Crippen molar-refractivity contribution in [2.24, 2.45) is 5.73 Å². The Morgan fingerprint density at radius 3 is 2.57 bits per heavy atom. The van der Waals surface area contributed by atoms with Gasteiger partial charge in [0.25, 0.3) is 5.91 Å². The molecule has 0 unspecified atom stereocenters. The van der Waals surface area contributed by atoms with E-state index >= 15 is 0 Å². The van der Waals surface area contributed by atoms with Gasteiger partial charge < -0.3 is 16.8 Å². The molecule has 0 bridgehead atoms. The number of carbonyl (C=O) groups is 2. The van der Waals surface area contributed by atoms with E-state index < -0.39 is 5.91 Å². The zero-order valence-electron chi connectivity index (χ0n) is 11.5. The maximum Gasteiger partial charge on any atom is 0.251 e. The minimum Gasteiger partial charge on any atom is -0.399 e. The second-order valence-corrected chi connectivity index (χ2v) is 4.63. The lowest BCUT2D eigenvalue weighted by Crippen LogP contribution is -2.12. The van der Waals surface area contributed by atoms with Crippen LogP contribution in [0.3, 0.4) is 0 Å². The van der Waals surface area contributed by atoms with Crippen LogP contribution in [0.4, 0.5) is 11.4 Å². The first-order chi connectivity index (χ1) is 10.0. The predicted molar refractivity (Wildman–Crippen MR) is 79.5 cm³/mol. The summed E-state index contributed by atoms with van der Waals surface area (Å²) in [6.07, 6.45) is 3.95. The van der Waals surface area contributed by atoms with E-state index in [0.29, 0.717) is 36.3 Å². The number of nitrogen functional groups attached to an aromatic ring is 1. The average Bonchev–Trinajstić information content (AvgIpc) is 2.90. The topological polar surface area (TPSA) is 116 Å². The number of hydrogen-bond donors (Lipinski definition) is 3. The monoisotopic (exact) mass is 287 g/mol. The number of aromatic nitrogens is 2. The van der Waals surface area contributed by atoms with E-state index in [4.69, 9.17) is 11.5 Å². The van der Waals surface area contributed by atoms with Crippen LogP contribution in [0.15, 0.2) is 36.7 Å². The first-order valence-electron chi connectivity index (χ1n) is 6.52. The zero-order chi connectivity index (χ0) is 15.2. The highest BCUT2D eigenvalue weighted by Gasteiger charge is 2.05. The quantitative estimate of drug-likeness (QED) is 0.687. The van der Waals surface area contributed by atoms with Crippen LogP contribution in [-0.4, -0.2) is 21.6 Å². The van der Waals surface area contributed by atoms with Crippen molar-refractivity contribution in [1.29, 1.82) is 0 Å². The molecule has 2 rings (SSSR count). The first kappa shape index (κ1) is 14.6. The molecular weight excluding hydrogens is 270 g/mol. The summed E-state index contributed by atoms with van der Waals surface area (Å²) in [6.45, 7) is 0.544. The molecule has 0 saturated carbocycles. The number of nitrogens with zero attached hydrogens (tertiary/aromatic N) is 2. The molecule has 7 heteroatoms. The molecule has 21 heavy (non-hydrogen) atoms. The third-order valence-electron chi connectivity index (χ3n) is 2.90. The smallest absolute Gasteiger partial charge is 0.251 e. The average molecular weight is 287 g/mol. The number of anilines is 2. The van der Waals surface area contributed by atoms with Crippen LogP contribution in [0.2, 0.25) is 0 Å². The van der Waals surface area contributed by atoms with Gasteiger partial charge in [-0.2, -0.15) is 5.10 Å². The minimum absolute atomic E-state index is 0.0814. The maximum atomic E-state index is 11.8. The van der Waals surface area contributed by atoms with Gasteiger partial charge in [-0.25, -0.2) is 0 Å². The van der Waals surface area contributed by atoms with Crippen molar-refractivity contribution in [3.05, 3.63) is 42.2 Å². The molecule has 0 spiro atoms. The Bertz CT molecular complexity index is 633. The summed E-state index contributed by atoms with van der Waals surface area (Å²) in [5, 5.41) is 6.78. The van der Waals surface area contributed by atoms with Crippen LogP contribution in [0.1, 0.15) is 23.2 Å². The fourth-order valence-electron chi connectivity index (χ4n) is 1.80. The Balaban J connectivity index is 1.76. The maximum absolute atomic E-state index is 11.8. The Kier molecular flexibility index (Phi) is 4.55. The van der Waals surface area contributed by atoms with E-state index in [1.807, 2.05) is 0 Å². The van der Waals surface area contributed by atoms with Crippen molar-refractivity contribution in [3.63, 3.8) is 0 Å². The van der Waals surface area contributed by atoms with Gasteiger partial charge in [-0.05, 0) is 30.7 Å². The van der Waals surface area contributed by atoms with Gasteiger partial charge in [0.05, 0.1) is 11.8 Å². The highest BCUT2D eigenvalue weighted by molar-refractivity contribution is 5.92. The summed E-state index contributed by atoms with van der Waals surface area (Å²) in [6, 6.07) is 6.95. The molecule has 0 radical (unpaired) electrons. The van der Waals surface area contributed by atoms with Crippen molar-refractivity contribution in [3.8, 4) is 0 Å². The van der Waals surface area contributed by atoms with Crippen LogP contribution in [0.5, 0.6) is 0 Å². The van der Waals surface area contributed by atoms with Crippen LogP contribution >= 0.6 is 0 Å². The Hall–Kier alpha value is -2.83. The van der Waals surface area contributed by atoms with E-state index in [0.717, 1.165) is 0 Å². The fourth-order valence-corrected chi connectivity index (χ4v) is 1.80. The summed E-state index contributed by atoms with van der Waals surface area (Å²) < 4.78 is 1.59. The number of rotatable bonds is 6.